The number of carbonyl (C=O) groups is 3. The van der Waals surface area contributed by atoms with Gasteiger partial charge in [0, 0.05) is 23.1 Å². The zero-order valence-corrected chi connectivity index (χ0v) is 17.8. The lowest BCUT2D eigenvalue weighted by atomic mass is 9.72. The molecule has 0 N–H and O–H groups in total. The Kier molecular flexibility index (Phi) is 6.68. The Balaban J connectivity index is 2.25. The Labute approximate surface area is 168 Å². The summed E-state index contributed by atoms with van der Waals surface area (Å²) in [7, 11) is 0. The van der Waals surface area contributed by atoms with E-state index in [-0.39, 0.29) is 38.3 Å². The second-order valence-electron chi connectivity index (χ2n) is 7.58. The molecule has 7 heteroatoms. The minimum absolute atomic E-state index is 0.194. The van der Waals surface area contributed by atoms with Gasteiger partial charge in [0.2, 0.25) is 0 Å². The minimum Gasteiger partial charge on any atom is -0.465 e. The van der Waals surface area contributed by atoms with Crippen molar-refractivity contribution >= 4 is 33.8 Å². The highest BCUT2D eigenvalue weighted by Crippen LogP contribution is 2.38. The van der Waals surface area contributed by atoms with Crippen molar-refractivity contribution in [2.24, 2.45) is 5.41 Å². The standard InChI is InChI=1S/C20H26BrNO5/c1-5-26-17(24)20(16(23)14-8-6-7-9-15(14)21)10-12-22(13-11-20)18(25)27-19(2,3)4/h6-9H,5,10-13H2,1-4H3. The summed E-state index contributed by atoms with van der Waals surface area (Å²) in [5.74, 6) is -0.813. The molecule has 0 atom stereocenters. The predicted molar refractivity (Wildman–Crippen MR) is 105 cm³/mol. The molecule has 0 unspecified atom stereocenters. The van der Waals surface area contributed by atoms with Gasteiger partial charge in [-0.2, -0.15) is 0 Å². The van der Waals surface area contributed by atoms with Gasteiger partial charge in [0.15, 0.2) is 5.78 Å². The van der Waals surface area contributed by atoms with E-state index >= 15 is 0 Å². The molecule has 27 heavy (non-hydrogen) atoms. The molecule has 6 nitrogen and oxygen atoms in total. The summed E-state index contributed by atoms with van der Waals surface area (Å²) >= 11 is 3.39. The first-order valence-electron chi connectivity index (χ1n) is 9.05. The van der Waals surface area contributed by atoms with Crippen molar-refractivity contribution in [3.05, 3.63) is 34.3 Å². The molecule has 1 fully saturated rings. The number of hydrogen-bond donors (Lipinski definition) is 0. The summed E-state index contributed by atoms with van der Waals surface area (Å²) in [6.45, 7) is 7.81. The van der Waals surface area contributed by atoms with Crippen molar-refractivity contribution in [3.63, 3.8) is 0 Å². The molecule has 0 radical (unpaired) electrons. The summed E-state index contributed by atoms with van der Waals surface area (Å²) < 4.78 is 11.3. The third kappa shape index (κ3) is 4.89. The van der Waals surface area contributed by atoms with Gasteiger partial charge in [-0.05, 0) is 46.6 Å². The number of likely N-dealkylation sites (tertiary alicyclic amines) is 1. The molecule has 1 amide bonds. The first-order valence-corrected chi connectivity index (χ1v) is 9.84. The Hall–Kier alpha value is -1.89. The van der Waals surface area contributed by atoms with Gasteiger partial charge in [-0.25, -0.2) is 4.79 Å². The maximum Gasteiger partial charge on any atom is 0.410 e. The second-order valence-corrected chi connectivity index (χ2v) is 8.43. The highest BCUT2D eigenvalue weighted by molar-refractivity contribution is 9.10. The lowest BCUT2D eigenvalue weighted by molar-refractivity contribution is -0.154. The molecule has 0 bridgehead atoms. The Morgan fingerprint density at radius 2 is 1.74 bits per heavy atom. The number of nitrogens with zero attached hydrogens (tertiary/aromatic N) is 1. The number of amides is 1. The fourth-order valence-electron chi connectivity index (χ4n) is 3.09. The number of halogens is 1. The summed E-state index contributed by atoms with van der Waals surface area (Å²) in [4.78, 5) is 39.9. The van der Waals surface area contributed by atoms with Crippen LogP contribution in [0.4, 0.5) is 4.79 Å². The SMILES string of the molecule is CCOC(=O)C1(C(=O)c2ccccc2Br)CCN(C(=O)OC(C)(C)C)CC1. The summed E-state index contributed by atoms with van der Waals surface area (Å²) in [6, 6.07) is 7.02. The normalized spacial score (nSPS) is 16.6. The van der Waals surface area contributed by atoms with Gasteiger partial charge in [0.25, 0.3) is 0 Å². The average molecular weight is 440 g/mol. The fraction of sp³-hybridized carbons (Fsp3) is 0.550. The van der Waals surface area contributed by atoms with Crippen LogP contribution in [0.2, 0.25) is 0 Å². The van der Waals surface area contributed by atoms with Crippen LogP contribution in [0, 0.1) is 5.41 Å². The number of rotatable bonds is 4. The van der Waals surface area contributed by atoms with Gasteiger partial charge in [-0.3, -0.25) is 9.59 Å². The zero-order valence-electron chi connectivity index (χ0n) is 16.2. The number of carbonyl (C=O) groups excluding carboxylic acids is 3. The summed E-state index contributed by atoms with van der Waals surface area (Å²) in [5, 5.41) is 0. The monoisotopic (exact) mass is 439 g/mol. The van der Waals surface area contributed by atoms with E-state index in [0.717, 1.165) is 0 Å². The van der Waals surface area contributed by atoms with Crippen LogP contribution in [0.15, 0.2) is 28.7 Å². The van der Waals surface area contributed by atoms with Gasteiger partial charge in [-0.1, -0.05) is 34.1 Å². The zero-order chi connectivity index (χ0) is 20.2. The van der Waals surface area contributed by atoms with Crippen molar-refractivity contribution in [1.82, 2.24) is 4.90 Å². The molecule has 0 spiro atoms. The number of esters is 1. The lowest BCUT2D eigenvalue weighted by Crippen LogP contribution is -2.52. The van der Waals surface area contributed by atoms with E-state index in [1.807, 2.05) is 6.07 Å². The molecular weight excluding hydrogens is 414 g/mol. The highest BCUT2D eigenvalue weighted by atomic mass is 79.9. The Morgan fingerprint density at radius 3 is 2.26 bits per heavy atom. The summed E-state index contributed by atoms with van der Waals surface area (Å²) in [6.07, 6.45) is -0.0375. The fourth-order valence-corrected chi connectivity index (χ4v) is 3.56. The number of benzene rings is 1. The topological polar surface area (TPSA) is 72.9 Å². The van der Waals surface area contributed by atoms with Crippen LogP contribution < -0.4 is 0 Å². The largest absolute Gasteiger partial charge is 0.465 e. The predicted octanol–water partition coefficient (Wildman–Crippen LogP) is 4.21. The number of hydrogen-bond acceptors (Lipinski definition) is 5. The van der Waals surface area contributed by atoms with E-state index in [0.29, 0.717) is 10.0 Å². The number of Topliss-reactive ketones (excluding diaryl/α,β-unsaturated/α-hetero) is 1. The van der Waals surface area contributed by atoms with Gasteiger partial charge in [-0.15, -0.1) is 0 Å². The van der Waals surface area contributed by atoms with Crippen molar-refractivity contribution < 1.29 is 23.9 Å². The molecule has 1 aliphatic rings. The van der Waals surface area contributed by atoms with Crippen molar-refractivity contribution in [2.45, 2.75) is 46.1 Å². The van der Waals surface area contributed by atoms with Crippen LogP contribution in [0.1, 0.15) is 50.9 Å². The van der Waals surface area contributed by atoms with Gasteiger partial charge >= 0.3 is 12.1 Å². The molecule has 1 aromatic rings. The number of ether oxygens (including phenoxy) is 2. The minimum atomic E-state index is -1.29. The van der Waals surface area contributed by atoms with Crippen LogP contribution in [0.3, 0.4) is 0 Å². The quantitative estimate of drug-likeness (QED) is 0.399. The highest BCUT2D eigenvalue weighted by Gasteiger charge is 2.50. The van der Waals surface area contributed by atoms with E-state index in [1.165, 1.54) is 4.90 Å². The molecular formula is C20H26BrNO5. The van der Waals surface area contributed by atoms with Crippen LogP contribution in [0.25, 0.3) is 0 Å². The molecule has 2 rings (SSSR count). The number of piperidine rings is 1. The third-order valence-electron chi connectivity index (χ3n) is 4.49. The van der Waals surface area contributed by atoms with E-state index < -0.39 is 23.1 Å². The first kappa shape index (κ1) is 21.4. The van der Waals surface area contributed by atoms with Gasteiger partial charge in [0.1, 0.15) is 11.0 Å². The van der Waals surface area contributed by atoms with Crippen LogP contribution in [0.5, 0.6) is 0 Å². The molecule has 1 aliphatic heterocycles. The van der Waals surface area contributed by atoms with E-state index in [4.69, 9.17) is 9.47 Å². The average Bonchev–Trinajstić information content (AvgIpc) is 2.60. The molecule has 0 saturated carbocycles. The Bertz CT molecular complexity index is 717. The van der Waals surface area contributed by atoms with Gasteiger partial charge < -0.3 is 14.4 Å². The summed E-state index contributed by atoms with van der Waals surface area (Å²) in [5.41, 5.74) is -1.45. The maximum atomic E-state index is 13.3. The van der Waals surface area contributed by atoms with Crippen molar-refractivity contribution in [3.8, 4) is 0 Å². The molecule has 0 aromatic heterocycles. The number of ketones is 1. The second kappa shape index (κ2) is 8.42. The van der Waals surface area contributed by atoms with E-state index in [1.54, 1.807) is 45.9 Å². The van der Waals surface area contributed by atoms with Crippen LogP contribution >= 0.6 is 15.9 Å². The van der Waals surface area contributed by atoms with Crippen molar-refractivity contribution in [1.29, 1.82) is 0 Å². The maximum absolute atomic E-state index is 13.3. The van der Waals surface area contributed by atoms with E-state index in [9.17, 15) is 14.4 Å². The Morgan fingerprint density at radius 1 is 1.15 bits per heavy atom. The van der Waals surface area contributed by atoms with E-state index in [2.05, 4.69) is 15.9 Å². The van der Waals surface area contributed by atoms with Gasteiger partial charge in [0.05, 0.1) is 6.61 Å². The molecule has 1 aromatic carbocycles. The molecule has 1 saturated heterocycles. The molecule has 148 valence electrons. The third-order valence-corrected chi connectivity index (χ3v) is 5.18. The smallest absolute Gasteiger partial charge is 0.410 e. The van der Waals surface area contributed by atoms with Crippen LogP contribution in [-0.2, 0) is 14.3 Å². The lowest BCUT2D eigenvalue weighted by Gasteiger charge is -2.39. The first-order chi connectivity index (χ1) is 12.6. The molecule has 1 heterocycles. The van der Waals surface area contributed by atoms with Crippen LogP contribution in [-0.4, -0.2) is 48.0 Å². The van der Waals surface area contributed by atoms with Crippen molar-refractivity contribution in [2.75, 3.05) is 19.7 Å². The molecule has 0 aliphatic carbocycles.